The fraction of sp³-hybridized carbons (Fsp3) is 0.733. The highest BCUT2D eigenvalue weighted by atomic mass is 16.3. The zero-order chi connectivity index (χ0) is 14.7. The third-order valence-electron chi connectivity index (χ3n) is 4.14. The van der Waals surface area contributed by atoms with Crippen LogP contribution < -0.4 is 9.80 Å². The van der Waals surface area contributed by atoms with Gasteiger partial charge in [0.05, 0.1) is 6.10 Å². The zero-order valence-electron chi connectivity index (χ0n) is 13.0. The average molecular weight is 278 g/mol. The molecule has 0 radical (unpaired) electrons. The van der Waals surface area contributed by atoms with E-state index in [4.69, 9.17) is 0 Å². The minimum Gasteiger partial charge on any atom is -0.393 e. The molecule has 1 aromatic heterocycles. The fourth-order valence-electron chi connectivity index (χ4n) is 2.85. The molecule has 5 heteroatoms. The summed E-state index contributed by atoms with van der Waals surface area (Å²) >= 11 is 0. The molecular formula is C15H26N4O. The first-order chi connectivity index (χ1) is 9.52. The summed E-state index contributed by atoms with van der Waals surface area (Å²) in [6.45, 7) is 5.93. The van der Waals surface area contributed by atoms with Gasteiger partial charge < -0.3 is 14.9 Å². The Labute approximate surface area is 121 Å². The number of hydrogen-bond acceptors (Lipinski definition) is 5. The number of anilines is 2. The largest absolute Gasteiger partial charge is 0.393 e. The lowest BCUT2D eigenvalue weighted by atomic mass is 9.90. The quantitative estimate of drug-likeness (QED) is 0.911. The maximum atomic E-state index is 9.94. The molecule has 0 amide bonds. The molecule has 1 atom stereocenters. The minimum atomic E-state index is -0.159. The van der Waals surface area contributed by atoms with Crippen LogP contribution in [0.2, 0.25) is 0 Å². The molecule has 0 saturated carbocycles. The summed E-state index contributed by atoms with van der Waals surface area (Å²) in [5.41, 5.74) is 1.09. The second kappa shape index (κ2) is 6.39. The van der Waals surface area contributed by atoms with Gasteiger partial charge in [-0.1, -0.05) is 6.92 Å². The second-order valence-corrected chi connectivity index (χ2v) is 5.87. The molecular weight excluding hydrogens is 252 g/mol. The van der Waals surface area contributed by atoms with Gasteiger partial charge in [-0.25, -0.2) is 4.98 Å². The van der Waals surface area contributed by atoms with E-state index in [0.717, 1.165) is 49.7 Å². The molecule has 20 heavy (non-hydrogen) atoms. The molecule has 0 bridgehead atoms. The Bertz CT molecular complexity index is 441. The molecule has 0 aliphatic carbocycles. The van der Waals surface area contributed by atoms with Crippen LogP contribution in [0.3, 0.4) is 0 Å². The highest BCUT2D eigenvalue weighted by Gasteiger charge is 2.25. The van der Waals surface area contributed by atoms with E-state index in [1.54, 1.807) is 0 Å². The Morgan fingerprint density at radius 2 is 2.05 bits per heavy atom. The van der Waals surface area contributed by atoms with Gasteiger partial charge in [-0.05, 0) is 32.1 Å². The van der Waals surface area contributed by atoms with Crippen molar-refractivity contribution in [3.63, 3.8) is 0 Å². The second-order valence-electron chi connectivity index (χ2n) is 5.87. The van der Waals surface area contributed by atoms with Gasteiger partial charge in [-0.15, -0.1) is 0 Å². The van der Waals surface area contributed by atoms with Crippen molar-refractivity contribution in [2.45, 2.75) is 39.2 Å². The van der Waals surface area contributed by atoms with Crippen LogP contribution in [-0.4, -0.2) is 48.4 Å². The van der Waals surface area contributed by atoms with E-state index in [2.05, 4.69) is 14.9 Å². The van der Waals surface area contributed by atoms with Crippen LogP contribution in [0.5, 0.6) is 0 Å². The molecule has 0 spiro atoms. The van der Waals surface area contributed by atoms with Crippen LogP contribution in [0.4, 0.5) is 11.8 Å². The monoisotopic (exact) mass is 278 g/mol. The predicted octanol–water partition coefficient (Wildman–Crippen LogP) is 1.84. The Morgan fingerprint density at radius 3 is 2.60 bits per heavy atom. The van der Waals surface area contributed by atoms with E-state index in [1.165, 1.54) is 0 Å². The number of hydrogen-bond donors (Lipinski definition) is 1. The number of aromatic nitrogens is 2. The summed E-state index contributed by atoms with van der Waals surface area (Å²) in [6.07, 6.45) is 4.61. The highest BCUT2D eigenvalue weighted by Crippen LogP contribution is 2.26. The molecule has 0 aromatic carbocycles. The summed E-state index contributed by atoms with van der Waals surface area (Å²) in [5, 5.41) is 9.94. The molecule has 1 aliphatic rings. The van der Waals surface area contributed by atoms with Crippen LogP contribution in [0, 0.1) is 12.8 Å². The number of nitrogens with zero attached hydrogens (tertiary/aromatic N) is 4. The molecule has 2 rings (SSSR count). The third-order valence-corrected chi connectivity index (χ3v) is 4.14. The standard InChI is InChI=1S/C15H26N4O/c1-5-13(20)12-6-8-19(9-7-12)15-16-10-11(2)14(17-15)18(3)4/h10,12-13,20H,5-9H2,1-4H3/t13-/m0/s1. The smallest absolute Gasteiger partial charge is 0.227 e. The first-order valence-corrected chi connectivity index (χ1v) is 7.47. The molecule has 112 valence electrons. The first-order valence-electron chi connectivity index (χ1n) is 7.47. The van der Waals surface area contributed by atoms with E-state index < -0.39 is 0 Å². The van der Waals surface area contributed by atoms with Gasteiger partial charge >= 0.3 is 0 Å². The molecule has 5 nitrogen and oxygen atoms in total. The van der Waals surface area contributed by atoms with Gasteiger partial charge in [0.15, 0.2) is 0 Å². The molecule has 1 fully saturated rings. The van der Waals surface area contributed by atoms with E-state index in [1.807, 2.05) is 39.0 Å². The Morgan fingerprint density at radius 1 is 1.40 bits per heavy atom. The van der Waals surface area contributed by atoms with Gasteiger partial charge in [0.25, 0.3) is 0 Å². The van der Waals surface area contributed by atoms with Crippen molar-refractivity contribution in [3.05, 3.63) is 11.8 Å². The van der Waals surface area contributed by atoms with E-state index in [9.17, 15) is 5.11 Å². The first kappa shape index (κ1) is 15.0. The Balaban J connectivity index is 2.05. The maximum absolute atomic E-state index is 9.94. The van der Waals surface area contributed by atoms with Crippen LogP contribution in [0.15, 0.2) is 6.20 Å². The average Bonchev–Trinajstić information content (AvgIpc) is 2.47. The highest BCUT2D eigenvalue weighted by molar-refractivity contribution is 5.48. The van der Waals surface area contributed by atoms with Crippen LogP contribution >= 0.6 is 0 Å². The number of aliphatic hydroxyl groups is 1. The van der Waals surface area contributed by atoms with E-state index in [0.29, 0.717) is 5.92 Å². The van der Waals surface area contributed by atoms with Crippen molar-refractivity contribution < 1.29 is 5.11 Å². The van der Waals surface area contributed by atoms with E-state index >= 15 is 0 Å². The molecule has 1 aliphatic heterocycles. The predicted molar refractivity (Wildman–Crippen MR) is 82.3 cm³/mol. The van der Waals surface area contributed by atoms with Crippen molar-refractivity contribution in [1.29, 1.82) is 0 Å². The summed E-state index contributed by atoms with van der Waals surface area (Å²) in [4.78, 5) is 13.4. The number of aryl methyl sites for hydroxylation is 1. The van der Waals surface area contributed by atoms with Crippen molar-refractivity contribution in [2.75, 3.05) is 37.0 Å². The van der Waals surface area contributed by atoms with Gasteiger partial charge in [-0.2, -0.15) is 4.98 Å². The molecule has 1 aromatic rings. The summed E-state index contributed by atoms with van der Waals surface area (Å²) in [5.74, 6) is 2.21. The topological polar surface area (TPSA) is 52.5 Å². The van der Waals surface area contributed by atoms with Crippen LogP contribution in [0.1, 0.15) is 31.7 Å². The van der Waals surface area contributed by atoms with Crippen molar-refractivity contribution in [3.8, 4) is 0 Å². The number of piperidine rings is 1. The minimum absolute atomic E-state index is 0.159. The van der Waals surface area contributed by atoms with Gasteiger partial charge in [0.2, 0.25) is 5.95 Å². The van der Waals surface area contributed by atoms with Gasteiger partial charge in [0.1, 0.15) is 5.82 Å². The van der Waals surface area contributed by atoms with Crippen LogP contribution in [-0.2, 0) is 0 Å². The molecule has 1 saturated heterocycles. The summed E-state index contributed by atoms with van der Waals surface area (Å²) < 4.78 is 0. The molecule has 0 unspecified atom stereocenters. The maximum Gasteiger partial charge on any atom is 0.227 e. The lowest BCUT2D eigenvalue weighted by Gasteiger charge is -2.34. The number of rotatable bonds is 4. The SMILES string of the molecule is CC[C@H](O)C1CCN(c2ncc(C)c(N(C)C)n2)CC1. The number of aliphatic hydroxyl groups excluding tert-OH is 1. The normalized spacial score (nSPS) is 18.1. The Kier molecular flexibility index (Phi) is 4.81. The lowest BCUT2D eigenvalue weighted by molar-refractivity contribution is 0.0891. The van der Waals surface area contributed by atoms with Crippen LogP contribution in [0.25, 0.3) is 0 Å². The Hall–Kier alpha value is -1.36. The fourth-order valence-corrected chi connectivity index (χ4v) is 2.85. The van der Waals surface area contributed by atoms with Gasteiger partial charge in [-0.3, -0.25) is 0 Å². The molecule has 2 heterocycles. The molecule has 1 N–H and O–H groups in total. The summed E-state index contributed by atoms with van der Waals surface area (Å²) in [6, 6.07) is 0. The third kappa shape index (κ3) is 3.20. The van der Waals surface area contributed by atoms with Gasteiger partial charge in [0, 0.05) is 38.9 Å². The van der Waals surface area contributed by atoms with Crippen molar-refractivity contribution in [1.82, 2.24) is 9.97 Å². The zero-order valence-corrected chi connectivity index (χ0v) is 13.0. The van der Waals surface area contributed by atoms with Crippen molar-refractivity contribution >= 4 is 11.8 Å². The lowest BCUT2D eigenvalue weighted by Crippen LogP contribution is -2.38. The van der Waals surface area contributed by atoms with E-state index in [-0.39, 0.29) is 6.10 Å². The van der Waals surface area contributed by atoms with Crippen molar-refractivity contribution in [2.24, 2.45) is 5.92 Å². The summed E-state index contributed by atoms with van der Waals surface area (Å²) in [7, 11) is 4.01.